The van der Waals surface area contributed by atoms with Gasteiger partial charge in [0, 0.05) is 45.0 Å². The highest BCUT2D eigenvalue weighted by Gasteiger charge is 2.21. The zero-order chi connectivity index (χ0) is 13.7. The minimum Gasteiger partial charge on any atom is -0.311 e. The number of likely N-dealkylation sites (N-methyl/N-ethyl adjacent to an activating group) is 2. The van der Waals surface area contributed by atoms with Crippen LogP contribution in [-0.2, 0) is 6.54 Å². The summed E-state index contributed by atoms with van der Waals surface area (Å²) in [5.41, 5.74) is 1.59. The lowest BCUT2D eigenvalue weighted by atomic mass is 10.1. The predicted octanol–water partition coefficient (Wildman–Crippen LogP) is 0.289. The number of nitriles is 1. The lowest BCUT2D eigenvalue weighted by Gasteiger charge is -2.37. The molecule has 5 nitrogen and oxygen atoms in total. The van der Waals surface area contributed by atoms with Gasteiger partial charge in [0.25, 0.3) is 0 Å². The van der Waals surface area contributed by atoms with Crippen molar-refractivity contribution in [3.8, 4) is 6.07 Å². The molecule has 1 atom stereocenters. The fraction of sp³-hybridized carbons (Fsp3) is 0.571. The molecule has 1 aliphatic heterocycles. The molecule has 1 aliphatic rings. The van der Waals surface area contributed by atoms with Gasteiger partial charge in [-0.15, -0.1) is 0 Å². The minimum absolute atomic E-state index is 0.480. The zero-order valence-electron chi connectivity index (χ0n) is 11.6. The lowest BCUT2D eigenvalue weighted by molar-refractivity contribution is 0.113. The van der Waals surface area contributed by atoms with Crippen LogP contribution >= 0.6 is 0 Å². The van der Waals surface area contributed by atoms with Crippen molar-refractivity contribution in [1.82, 2.24) is 20.1 Å². The van der Waals surface area contributed by atoms with Crippen LogP contribution in [0.4, 0.5) is 0 Å². The second-order valence-corrected chi connectivity index (χ2v) is 5.19. The maximum Gasteiger partial charge on any atom is 0.140 e. The van der Waals surface area contributed by atoms with Gasteiger partial charge >= 0.3 is 0 Å². The Morgan fingerprint density at radius 3 is 3.11 bits per heavy atom. The van der Waals surface area contributed by atoms with Crippen molar-refractivity contribution in [3.63, 3.8) is 0 Å². The monoisotopic (exact) mass is 259 g/mol. The molecule has 0 radical (unpaired) electrons. The Hall–Kier alpha value is -1.48. The summed E-state index contributed by atoms with van der Waals surface area (Å²) in [6, 6.07) is 6.40. The highest BCUT2D eigenvalue weighted by molar-refractivity contribution is 5.25. The number of aromatic nitrogens is 1. The normalized spacial score (nSPS) is 21.2. The van der Waals surface area contributed by atoms with Crippen molar-refractivity contribution >= 4 is 0 Å². The van der Waals surface area contributed by atoms with Gasteiger partial charge in [-0.25, -0.2) is 4.98 Å². The van der Waals surface area contributed by atoms with E-state index in [-0.39, 0.29) is 0 Å². The fourth-order valence-corrected chi connectivity index (χ4v) is 2.35. The largest absolute Gasteiger partial charge is 0.311 e. The second-order valence-electron chi connectivity index (χ2n) is 5.19. The van der Waals surface area contributed by atoms with E-state index < -0.39 is 0 Å². The van der Waals surface area contributed by atoms with E-state index in [4.69, 9.17) is 5.26 Å². The molecule has 0 aliphatic carbocycles. The molecular formula is C14H21N5. The number of rotatable bonds is 4. The standard InChI is InChI=1S/C14H21N5/c1-18-5-6-19(2)14(11-18)10-16-9-12-3-4-17-13(7-12)8-15/h3-4,7,14,16H,5-6,9-11H2,1-2H3. The van der Waals surface area contributed by atoms with E-state index in [2.05, 4.69) is 40.3 Å². The Kier molecular flexibility index (Phi) is 4.86. The van der Waals surface area contributed by atoms with E-state index in [9.17, 15) is 0 Å². The van der Waals surface area contributed by atoms with Crippen LogP contribution in [0.15, 0.2) is 18.3 Å². The molecule has 0 amide bonds. The summed E-state index contributed by atoms with van der Waals surface area (Å²) in [4.78, 5) is 8.74. The summed E-state index contributed by atoms with van der Waals surface area (Å²) in [5.74, 6) is 0. The van der Waals surface area contributed by atoms with Gasteiger partial charge in [0.1, 0.15) is 11.8 Å². The summed E-state index contributed by atoms with van der Waals surface area (Å²) in [7, 11) is 4.35. The van der Waals surface area contributed by atoms with Crippen molar-refractivity contribution in [2.45, 2.75) is 12.6 Å². The summed E-state index contributed by atoms with van der Waals surface area (Å²) in [5, 5.41) is 12.3. The molecule has 0 aromatic carbocycles. The molecule has 0 spiro atoms. The molecule has 1 fully saturated rings. The van der Waals surface area contributed by atoms with Crippen LogP contribution in [0.1, 0.15) is 11.3 Å². The topological polar surface area (TPSA) is 55.2 Å². The molecular weight excluding hydrogens is 238 g/mol. The van der Waals surface area contributed by atoms with E-state index in [1.165, 1.54) is 0 Å². The highest BCUT2D eigenvalue weighted by Crippen LogP contribution is 2.05. The molecule has 0 bridgehead atoms. The van der Waals surface area contributed by atoms with E-state index in [1.807, 2.05) is 12.1 Å². The molecule has 1 aromatic heterocycles. The first-order valence-corrected chi connectivity index (χ1v) is 6.63. The van der Waals surface area contributed by atoms with Crippen molar-refractivity contribution in [1.29, 1.82) is 5.26 Å². The number of hydrogen-bond donors (Lipinski definition) is 1. The van der Waals surface area contributed by atoms with Gasteiger partial charge in [-0.05, 0) is 31.8 Å². The maximum atomic E-state index is 8.81. The van der Waals surface area contributed by atoms with Crippen molar-refractivity contribution in [2.24, 2.45) is 0 Å². The first kappa shape index (κ1) is 13.9. The Morgan fingerprint density at radius 1 is 1.47 bits per heavy atom. The predicted molar refractivity (Wildman–Crippen MR) is 74.6 cm³/mol. The third-order valence-corrected chi connectivity index (χ3v) is 3.63. The van der Waals surface area contributed by atoms with E-state index in [0.717, 1.165) is 38.3 Å². The van der Waals surface area contributed by atoms with Gasteiger partial charge in [0.2, 0.25) is 0 Å². The summed E-state index contributed by atoms with van der Waals surface area (Å²) in [6.45, 7) is 5.11. The van der Waals surface area contributed by atoms with Gasteiger partial charge in [0.05, 0.1) is 0 Å². The van der Waals surface area contributed by atoms with E-state index in [0.29, 0.717) is 11.7 Å². The van der Waals surface area contributed by atoms with Crippen molar-refractivity contribution in [2.75, 3.05) is 40.3 Å². The Balaban J connectivity index is 1.81. The fourth-order valence-electron chi connectivity index (χ4n) is 2.35. The molecule has 19 heavy (non-hydrogen) atoms. The van der Waals surface area contributed by atoms with Crippen LogP contribution in [0, 0.1) is 11.3 Å². The summed E-state index contributed by atoms with van der Waals surface area (Å²) >= 11 is 0. The third-order valence-electron chi connectivity index (χ3n) is 3.63. The van der Waals surface area contributed by atoms with Gasteiger partial charge < -0.3 is 10.2 Å². The average Bonchev–Trinajstić information content (AvgIpc) is 2.43. The molecule has 2 heterocycles. The molecule has 2 rings (SSSR count). The minimum atomic E-state index is 0.480. The van der Waals surface area contributed by atoms with Crippen LogP contribution in [-0.4, -0.2) is 61.1 Å². The SMILES string of the molecule is CN1CCN(C)C(CNCc2ccnc(C#N)c2)C1. The molecule has 1 aromatic rings. The third kappa shape index (κ3) is 4.00. The number of hydrogen-bond acceptors (Lipinski definition) is 5. The smallest absolute Gasteiger partial charge is 0.140 e. The summed E-state index contributed by atoms with van der Waals surface area (Å²) in [6.07, 6.45) is 1.69. The zero-order valence-corrected chi connectivity index (χ0v) is 11.6. The first-order chi connectivity index (χ1) is 9.19. The highest BCUT2D eigenvalue weighted by atomic mass is 15.3. The Labute approximate surface area is 114 Å². The second kappa shape index (κ2) is 6.62. The number of pyridine rings is 1. The van der Waals surface area contributed by atoms with Crippen LogP contribution in [0.5, 0.6) is 0 Å². The van der Waals surface area contributed by atoms with Gasteiger partial charge in [-0.1, -0.05) is 0 Å². The number of nitrogens with zero attached hydrogens (tertiary/aromatic N) is 4. The first-order valence-electron chi connectivity index (χ1n) is 6.63. The van der Waals surface area contributed by atoms with E-state index in [1.54, 1.807) is 6.20 Å². The van der Waals surface area contributed by atoms with Gasteiger partial charge in [-0.2, -0.15) is 5.26 Å². The molecule has 1 saturated heterocycles. The molecule has 1 unspecified atom stereocenters. The van der Waals surface area contributed by atoms with Gasteiger partial charge in [0.15, 0.2) is 0 Å². The molecule has 0 saturated carbocycles. The average molecular weight is 259 g/mol. The number of piperazine rings is 1. The van der Waals surface area contributed by atoms with Crippen LogP contribution in [0.2, 0.25) is 0 Å². The van der Waals surface area contributed by atoms with Crippen molar-refractivity contribution in [3.05, 3.63) is 29.6 Å². The van der Waals surface area contributed by atoms with Crippen LogP contribution in [0.3, 0.4) is 0 Å². The van der Waals surface area contributed by atoms with Gasteiger partial charge in [-0.3, -0.25) is 4.90 Å². The van der Waals surface area contributed by atoms with Crippen LogP contribution < -0.4 is 5.32 Å². The maximum absolute atomic E-state index is 8.81. The van der Waals surface area contributed by atoms with Crippen molar-refractivity contribution < 1.29 is 0 Å². The lowest BCUT2D eigenvalue weighted by Crippen LogP contribution is -2.53. The van der Waals surface area contributed by atoms with Crippen LogP contribution in [0.25, 0.3) is 0 Å². The molecule has 1 N–H and O–H groups in total. The Bertz CT molecular complexity index is 453. The number of nitrogens with one attached hydrogen (secondary N) is 1. The van der Waals surface area contributed by atoms with E-state index >= 15 is 0 Å². The Morgan fingerprint density at radius 2 is 2.32 bits per heavy atom. The molecule has 5 heteroatoms. The quantitative estimate of drug-likeness (QED) is 0.842. The summed E-state index contributed by atoms with van der Waals surface area (Å²) < 4.78 is 0. The molecule has 102 valence electrons.